The number of nitrogens with zero attached hydrogens (tertiary/aromatic N) is 4. The van der Waals surface area contributed by atoms with Crippen LogP contribution < -0.4 is 5.32 Å². The number of aryl methyl sites for hydroxylation is 1. The number of fused-ring (bicyclic) bond motifs is 4. The van der Waals surface area contributed by atoms with E-state index in [-0.39, 0.29) is 0 Å². The van der Waals surface area contributed by atoms with Crippen LogP contribution in [0.2, 0.25) is 0 Å². The highest BCUT2D eigenvalue weighted by Gasteiger charge is 2.13. The first-order chi connectivity index (χ1) is 12.8. The Labute approximate surface area is 149 Å². The van der Waals surface area contributed by atoms with E-state index in [1.54, 1.807) is 6.33 Å². The van der Waals surface area contributed by atoms with E-state index in [2.05, 4.69) is 30.9 Å². The maximum Gasteiger partial charge on any atom is 0.196 e. The Bertz CT molecular complexity index is 1240. The quantitative estimate of drug-likeness (QED) is 0.531. The summed E-state index contributed by atoms with van der Waals surface area (Å²) in [7, 11) is 0. The van der Waals surface area contributed by atoms with Crippen molar-refractivity contribution >= 4 is 38.9 Å². The van der Waals surface area contributed by atoms with Crippen LogP contribution in [0.5, 0.6) is 0 Å². The minimum atomic E-state index is 0.695. The molecule has 2 aromatic carbocycles. The molecular weight excluding hydrogens is 326 g/mol. The number of anilines is 1. The molecule has 5 aromatic rings. The van der Waals surface area contributed by atoms with Gasteiger partial charge in [0.2, 0.25) is 0 Å². The average molecular weight is 343 g/mol. The molecule has 0 aliphatic rings. The van der Waals surface area contributed by atoms with Gasteiger partial charge in [-0.15, -0.1) is 0 Å². The van der Waals surface area contributed by atoms with Gasteiger partial charge in [-0.05, 0) is 31.2 Å². The smallest absolute Gasteiger partial charge is 0.196 e. The first-order valence-corrected chi connectivity index (χ1v) is 8.59. The van der Waals surface area contributed by atoms with Crippen LogP contribution in [0, 0.1) is 6.92 Å². The van der Waals surface area contributed by atoms with Gasteiger partial charge in [-0.2, -0.15) is 0 Å². The van der Waals surface area contributed by atoms with Crippen molar-refractivity contribution in [2.75, 3.05) is 11.9 Å². The second kappa shape index (κ2) is 5.84. The van der Waals surface area contributed by atoms with Crippen LogP contribution >= 0.6 is 0 Å². The van der Waals surface area contributed by atoms with E-state index in [0.29, 0.717) is 17.9 Å². The van der Waals surface area contributed by atoms with Crippen LogP contribution in [0.15, 0.2) is 59.3 Å². The van der Waals surface area contributed by atoms with Crippen molar-refractivity contribution in [2.45, 2.75) is 13.5 Å². The number of imidazole rings is 1. The highest BCUT2D eigenvalue weighted by molar-refractivity contribution is 6.05. The molecule has 6 nitrogen and oxygen atoms in total. The highest BCUT2D eigenvalue weighted by Crippen LogP contribution is 2.30. The Morgan fingerprint density at radius 1 is 1.04 bits per heavy atom. The zero-order valence-corrected chi connectivity index (χ0v) is 14.3. The number of hydrogen-bond acceptors (Lipinski definition) is 5. The van der Waals surface area contributed by atoms with E-state index in [4.69, 9.17) is 4.42 Å². The van der Waals surface area contributed by atoms with Crippen molar-refractivity contribution in [3.63, 3.8) is 0 Å². The van der Waals surface area contributed by atoms with Crippen molar-refractivity contribution in [3.8, 4) is 0 Å². The standard InChI is InChI=1S/C20H17N5O/c1-13-24-15-7-3-4-8-16(15)25(13)11-10-21-20-19-18(22-12-23-20)14-6-2-5-9-17(14)26-19/h2-9,12H,10-11H2,1H3,(H,21,22,23). The molecule has 0 unspecified atom stereocenters. The summed E-state index contributed by atoms with van der Waals surface area (Å²) < 4.78 is 8.17. The third kappa shape index (κ3) is 2.30. The maximum absolute atomic E-state index is 5.96. The fourth-order valence-corrected chi connectivity index (χ4v) is 3.41. The number of rotatable bonds is 4. The number of para-hydroxylation sites is 3. The second-order valence-corrected chi connectivity index (χ2v) is 6.22. The second-order valence-electron chi connectivity index (χ2n) is 6.22. The van der Waals surface area contributed by atoms with E-state index < -0.39 is 0 Å². The number of benzene rings is 2. The van der Waals surface area contributed by atoms with Gasteiger partial charge in [-0.3, -0.25) is 0 Å². The Kier molecular flexibility index (Phi) is 3.35. The van der Waals surface area contributed by atoms with Crippen molar-refractivity contribution < 1.29 is 4.42 Å². The lowest BCUT2D eigenvalue weighted by molar-refractivity contribution is 0.664. The number of nitrogens with one attached hydrogen (secondary N) is 1. The summed E-state index contributed by atoms with van der Waals surface area (Å²) in [6.45, 7) is 3.53. The van der Waals surface area contributed by atoms with Crippen LogP contribution in [-0.4, -0.2) is 26.1 Å². The Hall–Kier alpha value is -3.41. The third-order valence-electron chi connectivity index (χ3n) is 4.63. The molecule has 0 saturated heterocycles. The number of hydrogen-bond donors (Lipinski definition) is 1. The maximum atomic E-state index is 5.96. The van der Waals surface area contributed by atoms with Crippen LogP contribution in [0.1, 0.15) is 5.82 Å². The van der Waals surface area contributed by atoms with E-state index >= 15 is 0 Å². The number of furan rings is 1. The van der Waals surface area contributed by atoms with E-state index in [9.17, 15) is 0 Å². The van der Waals surface area contributed by atoms with Gasteiger partial charge in [0.15, 0.2) is 11.4 Å². The first-order valence-electron chi connectivity index (χ1n) is 8.59. The van der Waals surface area contributed by atoms with Gasteiger partial charge >= 0.3 is 0 Å². The molecule has 1 N–H and O–H groups in total. The largest absolute Gasteiger partial charge is 0.450 e. The molecule has 0 atom stereocenters. The van der Waals surface area contributed by atoms with Crippen molar-refractivity contribution in [2.24, 2.45) is 0 Å². The van der Waals surface area contributed by atoms with Crippen molar-refractivity contribution in [1.29, 1.82) is 0 Å². The van der Waals surface area contributed by atoms with Gasteiger partial charge in [0.05, 0.1) is 11.0 Å². The molecule has 0 fully saturated rings. The summed E-state index contributed by atoms with van der Waals surface area (Å²) >= 11 is 0. The van der Waals surface area contributed by atoms with E-state index in [0.717, 1.165) is 39.9 Å². The van der Waals surface area contributed by atoms with Gasteiger partial charge in [0.25, 0.3) is 0 Å². The molecule has 3 heterocycles. The summed E-state index contributed by atoms with van der Waals surface area (Å²) in [6, 6.07) is 16.1. The summed E-state index contributed by atoms with van der Waals surface area (Å²) in [5, 5.41) is 4.39. The summed E-state index contributed by atoms with van der Waals surface area (Å²) in [5.41, 5.74) is 4.51. The van der Waals surface area contributed by atoms with E-state index in [1.165, 1.54) is 0 Å². The zero-order valence-electron chi connectivity index (χ0n) is 14.3. The topological polar surface area (TPSA) is 68.8 Å². The monoisotopic (exact) mass is 343 g/mol. The van der Waals surface area contributed by atoms with Crippen LogP contribution in [0.4, 0.5) is 5.82 Å². The summed E-state index contributed by atoms with van der Waals surface area (Å²) in [5.74, 6) is 1.72. The van der Waals surface area contributed by atoms with Crippen molar-refractivity contribution in [1.82, 2.24) is 19.5 Å². The van der Waals surface area contributed by atoms with Gasteiger partial charge in [0.1, 0.15) is 23.3 Å². The summed E-state index contributed by atoms with van der Waals surface area (Å²) in [4.78, 5) is 13.4. The minimum Gasteiger partial charge on any atom is -0.450 e. The Balaban J connectivity index is 1.44. The van der Waals surface area contributed by atoms with Gasteiger partial charge in [-0.1, -0.05) is 24.3 Å². The predicted molar refractivity (Wildman–Crippen MR) is 102 cm³/mol. The molecule has 128 valence electrons. The van der Waals surface area contributed by atoms with Crippen LogP contribution in [-0.2, 0) is 6.54 Å². The average Bonchev–Trinajstić information content (AvgIpc) is 3.20. The lowest BCUT2D eigenvalue weighted by atomic mass is 10.2. The number of aromatic nitrogens is 4. The van der Waals surface area contributed by atoms with Gasteiger partial charge in [-0.25, -0.2) is 15.0 Å². The molecular formula is C20H17N5O. The molecule has 5 rings (SSSR count). The van der Waals surface area contributed by atoms with Crippen LogP contribution in [0.25, 0.3) is 33.1 Å². The highest BCUT2D eigenvalue weighted by atomic mass is 16.3. The molecule has 26 heavy (non-hydrogen) atoms. The normalized spacial score (nSPS) is 11.6. The molecule has 0 amide bonds. The Morgan fingerprint density at radius 3 is 2.85 bits per heavy atom. The molecule has 0 aliphatic heterocycles. The molecule has 0 radical (unpaired) electrons. The lowest BCUT2D eigenvalue weighted by Gasteiger charge is -2.09. The Morgan fingerprint density at radius 2 is 1.88 bits per heavy atom. The minimum absolute atomic E-state index is 0.695. The molecule has 0 bridgehead atoms. The molecule has 3 aromatic heterocycles. The fourth-order valence-electron chi connectivity index (χ4n) is 3.41. The lowest BCUT2D eigenvalue weighted by Crippen LogP contribution is -2.12. The fraction of sp³-hybridized carbons (Fsp3) is 0.150. The van der Waals surface area contributed by atoms with E-state index in [1.807, 2.05) is 49.4 Å². The SMILES string of the molecule is Cc1nc2ccccc2n1CCNc1ncnc2c1oc1ccccc12. The molecule has 6 heteroatoms. The van der Waals surface area contributed by atoms with Crippen LogP contribution in [0.3, 0.4) is 0 Å². The molecule has 0 spiro atoms. The van der Waals surface area contributed by atoms with Gasteiger partial charge in [0, 0.05) is 18.5 Å². The third-order valence-corrected chi connectivity index (χ3v) is 4.63. The van der Waals surface area contributed by atoms with Gasteiger partial charge < -0.3 is 14.3 Å². The molecule has 0 saturated carbocycles. The summed E-state index contributed by atoms with van der Waals surface area (Å²) in [6.07, 6.45) is 1.57. The molecule has 0 aliphatic carbocycles. The first kappa shape index (κ1) is 14.9. The zero-order chi connectivity index (χ0) is 17.5. The van der Waals surface area contributed by atoms with Crippen molar-refractivity contribution in [3.05, 3.63) is 60.7 Å². The predicted octanol–water partition coefficient (Wildman–Crippen LogP) is 4.15.